The van der Waals surface area contributed by atoms with E-state index in [-0.39, 0.29) is 6.17 Å². The molecule has 186 valence electrons. The van der Waals surface area contributed by atoms with E-state index >= 15 is 0 Å². The van der Waals surface area contributed by atoms with Crippen LogP contribution < -0.4 is 15.4 Å². The molecule has 4 nitrogen and oxygen atoms in total. The van der Waals surface area contributed by atoms with Crippen LogP contribution in [0.4, 0.5) is 0 Å². The Labute approximate surface area is 211 Å². The number of rotatable bonds is 9. The van der Waals surface area contributed by atoms with Crippen molar-refractivity contribution in [3.05, 3.63) is 64.7 Å². The summed E-state index contributed by atoms with van der Waals surface area (Å²) in [6, 6.07) is 15.6. The number of hydrogen-bond acceptors (Lipinski definition) is 4. The molecule has 4 saturated carbocycles. The van der Waals surface area contributed by atoms with Crippen molar-refractivity contribution < 1.29 is 4.74 Å². The normalized spacial score (nSPS) is 30.7. The molecule has 1 atom stereocenters. The van der Waals surface area contributed by atoms with Crippen LogP contribution in [0.5, 0.6) is 5.75 Å². The molecule has 4 fully saturated rings. The lowest BCUT2D eigenvalue weighted by Crippen LogP contribution is -2.58. The van der Waals surface area contributed by atoms with Crippen LogP contribution in [0.1, 0.15) is 80.5 Å². The van der Waals surface area contributed by atoms with Crippen molar-refractivity contribution >= 4 is 5.71 Å². The van der Waals surface area contributed by atoms with Crippen LogP contribution in [-0.2, 0) is 13.0 Å². The average Bonchev–Trinajstić information content (AvgIpc) is 2.86. The number of hydrogen-bond donors (Lipinski definition) is 2. The molecule has 0 radical (unpaired) electrons. The molecule has 5 aliphatic rings. The van der Waals surface area contributed by atoms with Gasteiger partial charge in [-0.3, -0.25) is 10.3 Å². The molecule has 0 amide bonds. The molecule has 35 heavy (non-hydrogen) atoms. The van der Waals surface area contributed by atoms with Gasteiger partial charge >= 0.3 is 0 Å². The smallest absolute Gasteiger partial charge is 0.119 e. The van der Waals surface area contributed by atoms with Gasteiger partial charge in [-0.05, 0) is 98.6 Å². The van der Waals surface area contributed by atoms with Crippen LogP contribution in [0.25, 0.3) is 0 Å². The fraction of sp³-hybridized carbons (Fsp3) is 0.581. The van der Waals surface area contributed by atoms with Gasteiger partial charge in [0.05, 0.1) is 12.8 Å². The fourth-order valence-electron chi connectivity index (χ4n) is 7.77. The van der Waals surface area contributed by atoms with E-state index in [1.807, 2.05) is 0 Å². The standard InChI is InChI=1S/C31H41N3O/c1-3-4-11-32-29-16-26-15-27(35-2)9-10-28(26)30(34-29)25-7-5-21(6-8-25)20-33-31-17-22-12-23(18-31)14-24(13-22)19-31/h5-10,15,22-24,29,32-33H,3-4,11-14,16-20H2,1-2H3/t22?,23?,24?,29-,31?/m1/s1. The zero-order valence-electron chi connectivity index (χ0n) is 21.5. The largest absolute Gasteiger partial charge is 0.497 e. The minimum atomic E-state index is 0.119. The Morgan fingerprint density at radius 1 is 0.971 bits per heavy atom. The highest BCUT2D eigenvalue weighted by atomic mass is 16.5. The maximum Gasteiger partial charge on any atom is 0.119 e. The zero-order valence-corrected chi connectivity index (χ0v) is 21.5. The van der Waals surface area contributed by atoms with Gasteiger partial charge in [-0.15, -0.1) is 0 Å². The van der Waals surface area contributed by atoms with Gasteiger partial charge in [-0.1, -0.05) is 37.6 Å². The highest BCUT2D eigenvalue weighted by Crippen LogP contribution is 2.55. The lowest BCUT2D eigenvalue weighted by molar-refractivity contribution is -0.0206. The van der Waals surface area contributed by atoms with Gasteiger partial charge in [0.15, 0.2) is 0 Å². The summed E-state index contributed by atoms with van der Waals surface area (Å²) in [6.07, 6.45) is 12.1. The monoisotopic (exact) mass is 471 g/mol. The summed E-state index contributed by atoms with van der Waals surface area (Å²) in [5.41, 5.74) is 6.65. The Kier molecular flexibility index (Phi) is 6.45. The molecule has 0 unspecified atom stereocenters. The van der Waals surface area contributed by atoms with Gasteiger partial charge in [0, 0.05) is 29.6 Å². The predicted molar refractivity (Wildman–Crippen MR) is 143 cm³/mol. The Bertz CT molecular complexity index is 1040. The van der Waals surface area contributed by atoms with Crippen molar-refractivity contribution in [1.29, 1.82) is 0 Å². The van der Waals surface area contributed by atoms with Gasteiger partial charge in [0.1, 0.15) is 11.9 Å². The van der Waals surface area contributed by atoms with Crippen LogP contribution in [0.3, 0.4) is 0 Å². The highest BCUT2D eigenvalue weighted by Gasteiger charge is 2.50. The van der Waals surface area contributed by atoms with E-state index in [4.69, 9.17) is 9.73 Å². The summed E-state index contributed by atoms with van der Waals surface area (Å²) in [5.74, 6) is 3.87. The number of fused-ring (bicyclic) bond motifs is 1. The molecule has 7 rings (SSSR count). The molecule has 0 saturated heterocycles. The minimum absolute atomic E-state index is 0.119. The van der Waals surface area contributed by atoms with Gasteiger partial charge in [0.2, 0.25) is 0 Å². The van der Waals surface area contributed by atoms with Gasteiger partial charge in [0.25, 0.3) is 0 Å². The van der Waals surface area contributed by atoms with Gasteiger partial charge < -0.3 is 10.1 Å². The van der Waals surface area contributed by atoms with Crippen molar-refractivity contribution in [2.24, 2.45) is 22.7 Å². The van der Waals surface area contributed by atoms with Crippen LogP contribution in [0.15, 0.2) is 47.5 Å². The zero-order chi connectivity index (χ0) is 23.8. The van der Waals surface area contributed by atoms with Crippen molar-refractivity contribution in [2.75, 3.05) is 13.7 Å². The molecule has 2 aromatic carbocycles. The summed E-state index contributed by atoms with van der Waals surface area (Å²) in [7, 11) is 1.74. The molecule has 2 N–H and O–H groups in total. The first kappa shape index (κ1) is 23.2. The summed E-state index contributed by atoms with van der Waals surface area (Å²) < 4.78 is 5.52. The number of nitrogens with zero attached hydrogens (tertiary/aromatic N) is 1. The summed E-state index contributed by atoms with van der Waals surface area (Å²) >= 11 is 0. The van der Waals surface area contributed by atoms with Crippen LogP contribution in [0, 0.1) is 17.8 Å². The molecular formula is C31H41N3O. The van der Waals surface area contributed by atoms with Crippen LogP contribution >= 0.6 is 0 Å². The third kappa shape index (κ3) is 4.80. The van der Waals surface area contributed by atoms with Crippen molar-refractivity contribution in [3.63, 3.8) is 0 Å². The van der Waals surface area contributed by atoms with Crippen LogP contribution in [0.2, 0.25) is 0 Å². The van der Waals surface area contributed by atoms with E-state index < -0.39 is 0 Å². The second-order valence-corrected chi connectivity index (χ2v) is 11.8. The maximum atomic E-state index is 5.52. The molecule has 0 spiro atoms. The van der Waals surface area contributed by atoms with Gasteiger partial charge in [-0.2, -0.15) is 0 Å². The lowest BCUT2D eigenvalue weighted by atomic mass is 9.53. The average molecular weight is 472 g/mol. The molecule has 1 aliphatic heterocycles. The van der Waals surface area contributed by atoms with E-state index in [1.54, 1.807) is 7.11 Å². The Morgan fingerprint density at radius 2 is 1.69 bits per heavy atom. The number of ether oxygens (including phenoxy) is 1. The molecule has 4 bridgehead atoms. The Balaban J connectivity index is 1.18. The Morgan fingerprint density at radius 3 is 2.34 bits per heavy atom. The fourth-order valence-corrected chi connectivity index (χ4v) is 7.77. The van der Waals surface area contributed by atoms with Crippen LogP contribution in [-0.4, -0.2) is 31.1 Å². The number of methoxy groups -OCH3 is 1. The molecule has 1 heterocycles. The lowest BCUT2D eigenvalue weighted by Gasteiger charge is -2.57. The number of nitrogens with one attached hydrogen (secondary N) is 2. The molecule has 2 aromatic rings. The van der Waals surface area contributed by atoms with Gasteiger partial charge in [-0.25, -0.2) is 0 Å². The number of benzene rings is 2. The van der Waals surface area contributed by atoms with Crippen molar-refractivity contribution in [3.8, 4) is 5.75 Å². The third-order valence-corrected chi connectivity index (χ3v) is 9.11. The second-order valence-electron chi connectivity index (χ2n) is 11.8. The van der Waals surface area contributed by atoms with E-state index in [1.165, 1.54) is 73.6 Å². The SMILES string of the molecule is CCCCN[C@H]1Cc2cc(OC)ccc2C(c2ccc(CNC34CC5CC(CC(C5)C3)C4)cc2)=N1. The van der Waals surface area contributed by atoms with E-state index in [2.05, 4.69) is 60.0 Å². The first-order valence-corrected chi connectivity index (χ1v) is 14.0. The summed E-state index contributed by atoms with van der Waals surface area (Å²) in [6.45, 7) is 4.22. The van der Waals surface area contributed by atoms with Crippen molar-refractivity contribution in [2.45, 2.75) is 83.0 Å². The quantitative estimate of drug-likeness (QED) is 0.450. The van der Waals surface area contributed by atoms with E-state index in [0.29, 0.717) is 5.54 Å². The topological polar surface area (TPSA) is 45.6 Å². The summed E-state index contributed by atoms with van der Waals surface area (Å²) in [4.78, 5) is 5.17. The first-order valence-electron chi connectivity index (χ1n) is 14.0. The van der Waals surface area contributed by atoms with Crippen molar-refractivity contribution in [1.82, 2.24) is 10.6 Å². The molecule has 4 aliphatic carbocycles. The number of aliphatic imine (C=N–C) groups is 1. The first-order chi connectivity index (χ1) is 17.1. The number of unbranched alkanes of at least 4 members (excludes halogenated alkanes) is 1. The molecule has 0 aromatic heterocycles. The maximum absolute atomic E-state index is 5.52. The predicted octanol–water partition coefficient (Wildman–Crippen LogP) is 5.86. The van der Waals surface area contributed by atoms with E-state index in [0.717, 1.165) is 48.7 Å². The molecular weight excluding hydrogens is 430 g/mol. The minimum Gasteiger partial charge on any atom is -0.497 e. The second kappa shape index (κ2) is 9.71. The van der Waals surface area contributed by atoms with E-state index in [9.17, 15) is 0 Å². The third-order valence-electron chi connectivity index (χ3n) is 9.11. The highest BCUT2D eigenvalue weighted by molar-refractivity contribution is 6.14. The Hall–Kier alpha value is -2.17. The summed E-state index contributed by atoms with van der Waals surface area (Å²) in [5, 5.41) is 7.71. The molecule has 4 heteroatoms.